The summed E-state index contributed by atoms with van der Waals surface area (Å²) in [6.07, 6.45) is 3.55. The predicted octanol–water partition coefficient (Wildman–Crippen LogP) is -0.221. The summed E-state index contributed by atoms with van der Waals surface area (Å²) >= 11 is 0. The molecule has 1 aliphatic rings. The molecule has 2 rings (SSSR count). The van der Waals surface area contributed by atoms with Gasteiger partial charge in [0.15, 0.2) is 9.84 Å². The minimum atomic E-state index is -2.98. The number of imidazole rings is 1. The Morgan fingerprint density at radius 2 is 2.21 bits per heavy atom. The number of likely N-dealkylation sites (N-methyl/N-ethyl adjacent to an activating group) is 1. The van der Waals surface area contributed by atoms with E-state index in [4.69, 9.17) is 4.74 Å². The molecule has 1 aliphatic heterocycles. The fraction of sp³-hybridized carbons (Fsp3) is 0.733. The molecule has 0 N–H and O–H groups in total. The maximum absolute atomic E-state index is 11.7. The van der Waals surface area contributed by atoms with Gasteiger partial charge in [-0.3, -0.25) is 9.69 Å². The molecule has 0 fully saturated rings. The van der Waals surface area contributed by atoms with Gasteiger partial charge in [-0.25, -0.2) is 13.4 Å². The number of carbonyl (C=O) groups excluding carboxylic acids is 1. The summed E-state index contributed by atoms with van der Waals surface area (Å²) in [5.74, 6) is 0.241. The van der Waals surface area contributed by atoms with E-state index in [0.717, 1.165) is 5.69 Å². The number of carbonyl (C=O) groups is 1. The third-order valence-electron chi connectivity index (χ3n) is 4.19. The molecule has 2 heterocycles. The summed E-state index contributed by atoms with van der Waals surface area (Å²) in [5.41, 5.74) is 1.03. The first kappa shape index (κ1) is 18.9. The van der Waals surface area contributed by atoms with Gasteiger partial charge in [0, 0.05) is 45.7 Å². The summed E-state index contributed by atoms with van der Waals surface area (Å²) < 4.78 is 31.0. The highest BCUT2D eigenvalue weighted by Gasteiger charge is 2.26. The zero-order chi connectivity index (χ0) is 17.7. The Kier molecular flexibility index (Phi) is 6.36. The van der Waals surface area contributed by atoms with Crippen molar-refractivity contribution in [3.05, 3.63) is 18.2 Å². The molecule has 24 heavy (non-hydrogen) atoms. The standard InChI is InChI=1S/C15H26N4O4S/c1-4-24(21,22)6-5-18-8-13-7-16-12-19(13)14(9-18)10-23-11-15(20)17(2)3/h7,12,14H,4-6,8-11H2,1-3H3/t14-/m0/s1. The number of nitrogens with zero attached hydrogens (tertiary/aromatic N) is 4. The van der Waals surface area contributed by atoms with E-state index in [0.29, 0.717) is 26.2 Å². The molecule has 1 aromatic rings. The van der Waals surface area contributed by atoms with Crippen LogP contribution in [0.3, 0.4) is 0 Å². The number of hydrogen-bond donors (Lipinski definition) is 0. The molecule has 1 amide bonds. The molecule has 0 unspecified atom stereocenters. The molecule has 0 bridgehead atoms. The summed E-state index contributed by atoms with van der Waals surface area (Å²) in [6, 6.07) is 0.0237. The third kappa shape index (κ3) is 5.02. The van der Waals surface area contributed by atoms with Gasteiger partial charge >= 0.3 is 0 Å². The van der Waals surface area contributed by atoms with Crippen LogP contribution in [0.25, 0.3) is 0 Å². The second-order valence-electron chi connectivity index (χ2n) is 6.22. The Labute approximate surface area is 143 Å². The summed E-state index contributed by atoms with van der Waals surface area (Å²) in [6.45, 7) is 3.94. The largest absolute Gasteiger partial charge is 0.369 e. The minimum Gasteiger partial charge on any atom is -0.369 e. The highest BCUT2D eigenvalue weighted by atomic mass is 32.2. The van der Waals surface area contributed by atoms with Crippen molar-refractivity contribution in [2.45, 2.75) is 19.5 Å². The van der Waals surface area contributed by atoms with Crippen LogP contribution in [0.1, 0.15) is 18.7 Å². The SMILES string of the molecule is CCS(=O)(=O)CCN1Cc2cncn2[C@H](COCC(=O)N(C)C)C1. The van der Waals surface area contributed by atoms with E-state index in [2.05, 4.69) is 9.88 Å². The number of hydrogen-bond acceptors (Lipinski definition) is 6. The lowest BCUT2D eigenvalue weighted by atomic mass is 10.2. The van der Waals surface area contributed by atoms with Crippen molar-refractivity contribution in [2.75, 3.05) is 51.9 Å². The number of fused-ring (bicyclic) bond motifs is 1. The van der Waals surface area contributed by atoms with Crippen LogP contribution in [-0.4, -0.2) is 85.6 Å². The Morgan fingerprint density at radius 1 is 1.46 bits per heavy atom. The van der Waals surface area contributed by atoms with Gasteiger partial charge in [-0.1, -0.05) is 6.92 Å². The zero-order valence-electron chi connectivity index (χ0n) is 14.5. The molecular formula is C15H26N4O4S. The van der Waals surface area contributed by atoms with Crippen molar-refractivity contribution in [2.24, 2.45) is 0 Å². The van der Waals surface area contributed by atoms with Crippen LogP contribution in [0, 0.1) is 0 Å². The molecule has 0 aliphatic carbocycles. The van der Waals surface area contributed by atoms with Gasteiger partial charge in [-0.2, -0.15) is 0 Å². The van der Waals surface area contributed by atoms with Crippen LogP contribution >= 0.6 is 0 Å². The number of ether oxygens (including phenoxy) is 1. The predicted molar refractivity (Wildman–Crippen MR) is 90.4 cm³/mol. The molecule has 0 aromatic carbocycles. The van der Waals surface area contributed by atoms with E-state index in [9.17, 15) is 13.2 Å². The molecule has 1 atom stereocenters. The van der Waals surface area contributed by atoms with E-state index < -0.39 is 9.84 Å². The first-order valence-electron chi connectivity index (χ1n) is 8.03. The summed E-state index contributed by atoms with van der Waals surface area (Å²) in [7, 11) is 0.398. The normalized spacial score (nSPS) is 18.4. The van der Waals surface area contributed by atoms with Gasteiger partial charge in [0.1, 0.15) is 6.61 Å². The van der Waals surface area contributed by atoms with Gasteiger partial charge < -0.3 is 14.2 Å². The average Bonchev–Trinajstić information content (AvgIpc) is 3.01. The highest BCUT2D eigenvalue weighted by Crippen LogP contribution is 2.21. The summed E-state index contributed by atoms with van der Waals surface area (Å²) in [4.78, 5) is 19.4. The molecule has 0 radical (unpaired) electrons. The lowest BCUT2D eigenvalue weighted by molar-refractivity contribution is -0.134. The number of aromatic nitrogens is 2. The second-order valence-corrected chi connectivity index (χ2v) is 8.69. The second kappa shape index (κ2) is 8.09. The number of rotatable bonds is 8. The fourth-order valence-corrected chi connectivity index (χ4v) is 3.42. The molecule has 8 nitrogen and oxygen atoms in total. The quantitative estimate of drug-likeness (QED) is 0.639. The van der Waals surface area contributed by atoms with Crippen LogP contribution < -0.4 is 0 Å². The third-order valence-corrected chi connectivity index (χ3v) is 5.87. The van der Waals surface area contributed by atoms with E-state index in [1.807, 2.05) is 4.57 Å². The number of sulfone groups is 1. The van der Waals surface area contributed by atoms with E-state index in [1.165, 1.54) is 4.90 Å². The number of amides is 1. The zero-order valence-corrected chi connectivity index (χ0v) is 15.3. The van der Waals surface area contributed by atoms with Crippen LogP contribution in [0.2, 0.25) is 0 Å². The van der Waals surface area contributed by atoms with Crippen molar-refractivity contribution >= 4 is 15.7 Å². The van der Waals surface area contributed by atoms with Crippen LogP contribution in [0.4, 0.5) is 0 Å². The summed E-state index contributed by atoms with van der Waals surface area (Å²) in [5, 5.41) is 0. The van der Waals surface area contributed by atoms with Gasteiger partial charge in [-0.05, 0) is 0 Å². The van der Waals surface area contributed by atoms with Crippen LogP contribution in [0.15, 0.2) is 12.5 Å². The molecular weight excluding hydrogens is 332 g/mol. The minimum absolute atomic E-state index is 0.0237. The topological polar surface area (TPSA) is 84.7 Å². The Bertz CT molecular complexity index is 656. The maximum Gasteiger partial charge on any atom is 0.248 e. The van der Waals surface area contributed by atoms with Crippen molar-refractivity contribution in [1.29, 1.82) is 0 Å². The van der Waals surface area contributed by atoms with E-state index >= 15 is 0 Å². The molecule has 1 aromatic heterocycles. The maximum atomic E-state index is 11.7. The molecule has 0 saturated heterocycles. The average molecular weight is 358 g/mol. The first-order chi connectivity index (χ1) is 11.3. The van der Waals surface area contributed by atoms with Gasteiger partial charge in [0.2, 0.25) is 5.91 Å². The van der Waals surface area contributed by atoms with Crippen LogP contribution in [-0.2, 0) is 25.9 Å². The van der Waals surface area contributed by atoms with E-state index in [1.54, 1.807) is 33.5 Å². The smallest absolute Gasteiger partial charge is 0.248 e. The Hall–Kier alpha value is -1.45. The first-order valence-corrected chi connectivity index (χ1v) is 9.86. The lowest BCUT2D eigenvalue weighted by Crippen LogP contribution is -2.41. The Morgan fingerprint density at radius 3 is 2.88 bits per heavy atom. The molecule has 9 heteroatoms. The van der Waals surface area contributed by atoms with Gasteiger partial charge in [0.05, 0.1) is 30.4 Å². The highest BCUT2D eigenvalue weighted by molar-refractivity contribution is 7.91. The van der Waals surface area contributed by atoms with Crippen molar-refractivity contribution in [3.8, 4) is 0 Å². The Balaban J connectivity index is 1.94. The monoisotopic (exact) mass is 358 g/mol. The van der Waals surface area contributed by atoms with Crippen molar-refractivity contribution < 1.29 is 17.9 Å². The van der Waals surface area contributed by atoms with Crippen molar-refractivity contribution in [3.63, 3.8) is 0 Å². The lowest BCUT2D eigenvalue weighted by Gasteiger charge is -2.34. The van der Waals surface area contributed by atoms with Crippen molar-refractivity contribution in [1.82, 2.24) is 19.4 Å². The van der Waals surface area contributed by atoms with Gasteiger partial charge in [-0.15, -0.1) is 0 Å². The molecule has 0 spiro atoms. The van der Waals surface area contributed by atoms with Gasteiger partial charge in [0.25, 0.3) is 0 Å². The molecule has 136 valence electrons. The molecule has 0 saturated carbocycles. The fourth-order valence-electron chi connectivity index (χ4n) is 2.59. The van der Waals surface area contributed by atoms with Crippen LogP contribution in [0.5, 0.6) is 0 Å². The van der Waals surface area contributed by atoms with E-state index in [-0.39, 0.29) is 30.1 Å².